The molecule has 2 aliphatic rings. The number of rotatable bonds is 3. The Morgan fingerprint density at radius 1 is 0.966 bits per heavy atom. The van der Waals surface area contributed by atoms with Crippen LogP contribution in [-0.2, 0) is 4.74 Å². The summed E-state index contributed by atoms with van der Waals surface area (Å²) in [6.07, 6.45) is 5.27. The first-order valence-electron chi connectivity index (χ1n) is 10.4. The predicted octanol–water partition coefficient (Wildman–Crippen LogP) is 2.86. The van der Waals surface area contributed by atoms with E-state index in [9.17, 15) is 4.79 Å². The fraction of sp³-hybridized carbons (Fsp3) is 0.409. The van der Waals surface area contributed by atoms with Gasteiger partial charge in [0.15, 0.2) is 5.65 Å². The second kappa shape index (κ2) is 7.83. The highest BCUT2D eigenvalue weighted by Crippen LogP contribution is 2.28. The number of piperidine rings is 1. The lowest BCUT2D eigenvalue weighted by atomic mass is 10.1. The summed E-state index contributed by atoms with van der Waals surface area (Å²) in [5, 5.41) is 4.58. The molecule has 0 spiro atoms. The summed E-state index contributed by atoms with van der Waals surface area (Å²) < 4.78 is 7.23. The first kappa shape index (κ1) is 18.1. The Balaban J connectivity index is 1.63. The van der Waals surface area contributed by atoms with Crippen LogP contribution in [0, 0.1) is 0 Å². The van der Waals surface area contributed by atoms with E-state index in [4.69, 9.17) is 9.72 Å². The number of hydrogen-bond donors (Lipinski definition) is 0. The fourth-order valence-corrected chi connectivity index (χ4v) is 4.14. The van der Waals surface area contributed by atoms with Gasteiger partial charge >= 0.3 is 0 Å². The molecular formula is C22H25N5O2. The summed E-state index contributed by atoms with van der Waals surface area (Å²) in [4.78, 5) is 22.2. The standard InChI is InChI=1S/C22H25N5O2/c28-22(26-11-13-29-14-12-26)18-16-23-27-20(25-9-5-2-6-10-25)15-19(24-21(18)27)17-7-3-1-4-8-17/h1,3-4,7-8,15-16H,2,5-6,9-14H2. The Labute approximate surface area is 169 Å². The van der Waals surface area contributed by atoms with Gasteiger partial charge in [-0.1, -0.05) is 30.3 Å². The van der Waals surface area contributed by atoms with E-state index >= 15 is 0 Å². The largest absolute Gasteiger partial charge is 0.378 e. The molecule has 150 valence electrons. The quantitative estimate of drug-likeness (QED) is 0.687. The lowest BCUT2D eigenvalue weighted by molar-refractivity contribution is 0.0304. The molecule has 2 aromatic heterocycles. The highest BCUT2D eigenvalue weighted by molar-refractivity contribution is 6.00. The van der Waals surface area contributed by atoms with E-state index in [1.54, 1.807) is 6.20 Å². The van der Waals surface area contributed by atoms with Crippen molar-refractivity contribution in [2.24, 2.45) is 0 Å². The first-order valence-corrected chi connectivity index (χ1v) is 10.4. The third-order valence-corrected chi connectivity index (χ3v) is 5.73. The summed E-state index contributed by atoms with van der Waals surface area (Å²) in [6, 6.07) is 12.2. The van der Waals surface area contributed by atoms with Crippen molar-refractivity contribution in [2.45, 2.75) is 19.3 Å². The molecule has 2 saturated heterocycles. The maximum atomic E-state index is 13.2. The zero-order valence-corrected chi connectivity index (χ0v) is 16.5. The van der Waals surface area contributed by atoms with Crippen LogP contribution in [0.3, 0.4) is 0 Å². The molecule has 29 heavy (non-hydrogen) atoms. The number of amides is 1. The number of carbonyl (C=O) groups excluding carboxylic acids is 1. The van der Waals surface area contributed by atoms with Gasteiger partial charge in [0.1, 0.15) is 11.4 Å². The zero-order chi connectivity index (χ0) is 19.6. The second-order valence-corrected chi connectivity index (χ2v) is 7.61. The van der Waals surface area contributed by atoms with Crippen LogP contribution in [0.5, 0.6) is 0 Å². The number of ether oxygens (including phenoxy) is 1. The molecule has 0 unspecified atom stereocenters. The van der Waals surface area contributed by atoms with Crippen molar-refractivity contribution in [1.82, 2.24) is 19.5 Å². The minimum absolute atomic E-state index is 0.0226. The van der Waals surface area contributed by atoms with Crippen molar-refractivity contribution in [3.05, 3.63) is 48.2 Å². The van der Waals surface area contributed by atoms with Crippen LogP contribution in [0.15, 0.2) is 42.6 Å². The van der Waals surface area contributed by atoms with Gasteiger partial charge in [0, 0.05) is 37.8 Å². The summed E-state index contributed by atoms with van der Waals surface area (Å²) in [6.45, 7) is 4.36. The molecule has 5 rings (SSSR count). The number of aromatic nitrogens is 3. The minimum Gasteiger partial charge on any atom is -0.378 e. The highest BCUT2D eigenvalue weighted by atomic mass is 16.5. The molecule has 0 saturated carbocycles. The normalized spacial score (nSPS) is 17.7. The number of fused-ring (bicyclic) bond motifs is 1. The number of nitrogens with zero attached hydrogens (tertiary/aromatic N) is 5. The maximum Gasteiger partial charge on any atom is 0.259 e. The Hall–Kier alpha value is -2.93. The van der Waals surface area contributed by atoms with Crippen LogP contribution in [-0.4, -0.2) is 64.8 Å². The topological polar surface area (TPSA) is 63.0 Å². The third kappa shape index (κ3) is 3.46. The summed E-state index contributed by atoms with van der Waals surface area (Å²) >= 11 is 0. The molecule has 0 radical (unpaired) electrons. The monoisotopic (exact) mass is 391 g/mol. The first-order chi connectivity index (χ1) is 14.3. The van der Waals surface area contributed by atoms with Crippen LogP contribution in [0.2, 0.25) is 0 Å². The van der Waals surface area contributed by atoms with Gasteiger partial charge in [-0.2, -0.15) is 9.61 Å². The van der Waals surface area contributed by atoms with E-state index < -0.39 is 0 Å². The van der Waals surface area contributed by atoms with Crippen LogP contribution in [0.25, 0.3) is 16.9 Å². The number of hydrogen-bond acceptors (Lipinski definition) is 5. The Morgan fingerprint density at radius 3 is 2.48 bits per heavy atom. The number of morpholine rings is 1. The van der Waals surface area contributed by atoms with E-state index in [-0.39, 0.29) is 5.91 Å². The molecule has 2 fully saturated rings. The van der Waals surface area contributed by atoms with Gasteiger partial charge in [-0.3, -0.25) is 4.79 Å². The number of carbonyl (C=O) groups is 1. The van der Waals surface area contributed by atoms with E-state index in [1.807, 2.05) is 27.6 Å². The van der Waals surface area contributed by atoms with Crippen LogP contribution >= 0.6 is 0 Å². The Morgan fingerprint density at radius 2 is 1.72 bits per heavy atom. The van der Waals surface area contributed by atoms with Crippen molar-refractivity contribution in [3.63, 3.8) is 0 Å². The van der Waals surface area contributed by atoms with E-state index in [0.29, 0.717) is 37.5 Å². The summed E-state index contributed by atoms with van der Waals surface area (Å²) in [5.41, 5.74) is 3.10. The molecule has 4 heterocycles. The molecular weight excluding hydrogens is 366 g/mol. The van der Waals surface area contributed by atoms with Crippen LogP contribution in [0.4, 0.5) is 5.82 Å². The molecule has 3 aromatic rings. The Kier molecular flexibility index (Phi) is 4.89. The molecule has 7 heteroatoms. The second-order valence-electron chi connectivity index (χ2n) is 7.61. The van der Waals surface area contributed by atoms with Crippen molar-refractivity contribution in [1.29, 1.82) is 0 Å². The third-order valence-electron chi connectivity index (χ3n) is 5.73. The number of benzene rings is 1. The summed E-state index contributed by atoms with van der Waals surface area (Å²) in [7, 11) is 0. The van der Waals surface area contributed by atoms with Crippen LogP contribution in [0.1, 0.15) is 29.6 Å². The van der Waals surface area contributed by atoms with Crippen LogP contribution < -0.4 is 4.90 Å². The fourth-order valence-electron chi connectivity index (χ4n) is 4.14. The van der Waals surface area contributed by atoms with Gasteiger partial charge < -0.3 is 14.5 Å². The van der Waals surface area contributed by atoms with E-state index in [2.05, 4.69) is 28.2 Å². The average Bonchev–Trinajstić information content (AvgIpc) is 3.24. The van der Waals surface area contributed by atoms with Crippen molar-refractivity contribution in [3.8, 4) is 11.3 Å². The van der Waals surface area contributed by atoms with E-state index in [1.165, 1.54) is 19.3 Å². The van der Waals surface area contributed by atoms with Gasteiger partial charge in [-0.15, -0.1) is 0 Å². The van der Waals surface area contributed by atoms with Gasteiger partial charge in [-0.25, -0.2) is 4.98 Å². The summed E-state index contributed by atoms with van der Waals surface area (Å²) in [5.74, 6) is 0.986. The van der Waals surface area contributed by atoms with Crippen molar-refractivity contribution < 1.29 is 9.53 Å². The van der Waals surface area contributed by atoms with Gasteiger partial charge in [-0.05, 0) is 19.3 Å². The molecule has 1 aromatic carbocycles. The predicted molar refractivity (Wildman–Crippen MR) is 111 cm³/mol. The number of anilines is 1. The molecule has 0 aliphatic carbocycles. The molecule has 0 bridgehead atoms. The lowest BCUT2D eigenvalue weighted by Gasteiger charge is -2.29. The molecule has 1 amide bonds. The lowest BCUT2D eigenvalue weighted by Crippen LogP contribution is -2.40. The van der Waals surface area contributed by atoms with E-state index in [0.717, 1.165) is 30.2 Å². The molecule has 7 nitrogen and oxygen atoms in total. The molecule has 2 aliphatic heterocycles. The van der Waals surface area contributed by atoms with Gasteiger partial charge in [0.2, 0.25) is 0 Å². The average molecular weight is 391 g/mol. The van der Waals surface area contributed by atoms with Gasteiger partial charge in [0.05, 0.1) is 25.1 Å². The molecule has 0 N–H and O–H groups in total. The Bertz CT molecular complexity index is 1000. The molecule has 0 atom stereocenters. The van der Waals surface area contributed by atoms with Crippen molar-refractivity contribution >= 4 is 17.4 Å². The van der Waals surface area contributed by atoms with Gasteiger partial charge in [0.25, 0.3) is 5.91 Å². The van der Waals surface area contributed by atoms with Crippen molar-refractivity contribution in [2.75, 3.05) is 44.3 Å². The maximum absolute atomic E-state index is 13.2. The SMILES string of the molecule is O=C(c1cnn2c(N3CCCCC3)cc(-c3ccccc3)nc12)N1CCOCC1. The highest BCUT2D eigenvalue weighted by Gasteiger charge is 2.25. The minimum atomic E-state index is -0.0226. The smallest absolute Gasteiger partial charge is 0.259 e. The zero-order valence-electron chi connectivity index (χ0n) is 16.5.